The van der Waals surface area contributed by atoms with E-state index in [2.05, 4.69) is 5.32 Å². The summed E-state index contributed by atoms with van der Waals surface area (Å²) in [7, 11) is 1.65. The van der Waals surface area contributed by atoms with E-state index in [0.717, 1.165) is 11.1 Å². The highest BCUT2D eigenvalue weighted by atomic mass is 16.5. The Kier molecular flexibility index (Phi) is 7.28. The van der Waals surface area contributed by atoms with Gasteiger partial charge in [-0.25, -0.2) is 4.79 Å². The van der Waals surface area contributed by atoms with Crippen molar-refractivity contribution in [2.45, 2.75) is 19.9 Å². The zero-order valence-electron chi connectivity index (χ0n) is 15.8. The molecule has 2 rings (SSSR count). The number of hydrogen-bond acceptors (Lipinski definition) is 5. The Morgan fingerprint density at radius 2 is 1.71 bits per heavy atom. The zero-order chi connectivity index (χ0) is 20.5. The minimum absolute atomic E-state index is 0.248. The van der Waals surface area contributed by atoms with Crippen molar-refractivity contribution in [3.8, 4) is 6.07 Å². The normalized spacial score (nSPS) is 9.89. The SMILES string of the molecule is Cc1ccc(CN(C)C(=O)COC(=O)c2ccc(NC(=O)CC#N)cc2)cc1. The lowest BCUT2D eigenvalue weighted by molar-refractivity contribution is -0.133. The number of rotatable bonds is 7. The summed E-state index contributed by atoms with van der Waals surface area (Å²) in [5.74, 6) is -1.37. The molecule has 2 amide bonds. The van der Waals surface area contributed by atoms with Crippen molar-refractivity contribution in [2.24, 2.45) is 0 Å². The number of ether oxygens (including phenoxy) is 1. The molecule has 0 fully saturated rings. The number of esters is 1. The molecule has 0 aliphatic rings. The van der Waals surface area contributed by atoms with E-state index in [9.17, 15) is 14.4 Å². The molecule has 0 saturated heterocycles. The molecule has 2 aromatic rings. The topological polar surface area (TPSA) is 99.5 Å². The number of nitrogens with one attached hydrogen (secondary N) is 1. The second kappa shape index (κ2) is 9.88. The maximum atomic E-state index is 12.2. The van der Waals surface area contributed by atoms with Gasteiger partial charge in [-0.15, -0.1) is 0 Å². The lowest BCUT2D eigenvalue weighted by Gasteiger charge is -2.17. The molecule has 0 atom stereocenters. The lowest BCUT2D eigenvalue weighted by atomic mass is 10.1. The highest BCUT2D eigenvalue weighted by molar-refractivity contribution is 5.94. The van der Waals surface area contributed by atoms with Crippen LogP contribution in [-0.4, -0.2) is 36.3 Å². The van der Waals surface area contributed by atoms with E-state index in [1.54, 1.807) is 13.1 Å². The van der Waals surface area contributed by atoms with Crippen LogP contribution >= 0.6 is 0 Å². The van der Waals surface area contributed by atoms with E-state index in [0.29, 0.717) is 12.2 Å². The van der Waals surface area contributed by atoms with Crippen LogP contribution in [0.5, 0.6) is 0 Å². The molecule has 0 aliphatic carbocycles. The Labute approximate surface area is 163 Å². The molecule has 1 N–H and O–H groups in total. The van der Waals surface area contributed by atoms with Crippen molar-refractivity contribution in [3.63, 3.8) is 0 Å². The first-order valence-electron chi connectivity index (χ1n) is 8.62. The van der Waals surface area contributed by atoms with Crippen molar-refractivity contribution in [1.29, 1.82) is 5.26 Å². The molecule has 0 saturated carbocycles. The predicted octanol–water partition coefficient (Wildman–Crippen LogP) is 2.66. The second-order valence-corrected chi connectivity index (χ2v) is 6.27. The lowest BCUT2D eigenvalue weighted by Crippen LogP contribution is -2.30. The van der Waals surface area contributed by atoms with Gasteiger partial charge in [-0.2, -0.15) is 5.26 Å². The molecule has 0 spiro atoms. The minimum atomic E-state index is -0.632. The summed E-state index contributed by atoms with van der Waals surface area (Å²) < 4.78 is 5.07. The predicted molar refractivity (Wildman–Crippen MR) is 103 cm³/mol. The molecule has 0 radical (unpaired) electrons. The molecule has 0 bridgehead atoms. The van der Waals surface area contributed by atoms with Gasteiger partial charge in [0, 0.05) is 19.3 Å². The van der Waals surface area contributed by atoms with E-state index in [1.807, 2.05) is 31.2 Å². The van der Waals surface area contributed by atoms with Crippen molar-refractivity contribution in [3.05, 3.63) is 65.2 Å². The van der Waals surface area contributed by atoms with Gasteiger partial charge in [0.2, 0.25) is 5.91 Å². The minimum Gasteiger partial charge on any atom is -0.452 e. The van der Waals surface area contributed by atoms with Crippen LogP contribution in [0.1, 0.15) is 27.9 Å². The van der Waals surface area contributed by atoms with Gasteiger partial charge >= 0.3 is 5.97 Å². The molecule has 144 valence electrons. The van der Waals surface area contributed by atoms with Crippen LogP contribution in [0.15, 0.2) is 48.5 Å². The quantitative estimate of drug-likeness (QED) is 0.746. The van der Waals surface area contributed by atoms with E-state index in [1.165, 1.54) is 29.2 Å². The average Bonchev–Trinajstić information content (AvgIpc) is 2.68. The summed E-state index contributed by atoms with van der Waals surface area (Å²) in [5.41, 5.74) is 2.85. The van der Waals surface area contributed by atoms with Crippen LogP contribution in [-0.2, 0) is 20.9 Å². The Morgan fingerprint density at radius 1 is 1.07 bits per heavy atom. The molecule has 2 aromatic carbocycles. The fraction of sp³-hybridized carbons (Fsp3) is 0.238. The fourth-order valence-corrected chi connectivity index (χ4v) is 2.34. The zero-order valence-corrected chi connectivity index (χ0v) is 15.8. The largest absolute Gasteiger partial charge is 0.452 e. The summed E-state index contributed by atoms with van der Waals surface area (Å²) in [6.07, 6.45) is -0.248. The first-order chi connectivity index (χ1) is 13.4. The summed E-state index contributed by atoms with van der Waals surface area (Å²) in [4.78, 5) is 37.1. The van der Waals surface area contributed by atoms with Gasteiger partial charge in [-0.1, -0.05) is 29.8 Å². The molecule has 7 heteroatoms. The van der Waals surface area contributed by atoms with Gasteiger partial charge in [0.15, 0.2) is 6.61 Å². The molecule has 0 aromatic heterocycles. The molecular weight excluding hydrogens is 358 g/mol. The Balaban J connectivity index is 1.83. The molecule has 7 nitrogen and oxygen atoms in total. The third-order valence-corrected chi connectivity index (χ3v) is 3.94. The maximum Gasteiger partial charge on any atom is 0.338 e. The van der Waals surface area contributed by atoms with Crippen LogP contribution in [0, 0.1) is 18.3 Å². The third kappa shape index (κ3) is 6.25. The van der Waals surface area contributed by atoms with Crippen LogP contribution in [0.25, 0.3) is 0 Å². The third-order valence-electron chi connectivity index (χ3n) is 3.94. The number of benzene rings is 2. The second-order valence-electron chi connectivity index (χ2n) is 6.27. The Hall–Kier alpha value is -3.66. The number of amides is 2. The van der Waals surface area contributed by atoms with E-state index in [-0.39, 0.29) is 24.5 Å². The number of nitrogens with zero attached hydrogens (tertiary/aromatic N) is 2. The molecule has 0 aliphatic heterocycles. The summed E-state index contributed by atoms with van der Waals surface area (Å²) in [6.45, 7) is 2.06. The molecule has 0 unspecified atom stereocenters. The van der Waals surface area contributed by atoms with Gasteiger partial charge < -0.3 is 15.0 Å². The molecule has 28 heavy (non-hydrogen) atoms. The monoisotopic (exact) mass is 379 g/mol. The number of carbonyl (C=O) groups excluding carboxylic acids is 3. The number of aryl methyl sites for hydroxylation is 1. The summed E-state index contributed by atoms with van der Waals surface area (Å²) in [5, 5.41) is 11.0. The maximum absolute atomic E-state index is 12.2. The van der Waals surface area contributed by atoms with Crippen LogP contribution < -0.4 is 5.32 Å². The average molecular weight is 379 g/mol. The van der Waals surface area contributed by atoms with Gasteiger partial charge in [-0.3, -0.25) is 9.59 Å². The fourth-order valence-electron chi connectivity index (χ4n) is 2.34. The highest BCUT2D eigenvalue weighted by Gasteiger charge is 2.14. The summed E-state index contributed by atoms with van der Waals surface area (Å²) in [6, 6.07) is 15.6. The van der Waals surface area contributed by atoms with Gasteiger partial charge in [0.05, 0.1) is 11.6 Å². The Bertz CT molecular complexity index is 883. The number of likely N-dealkylation sites (N-methyl/N-ethyl adjacent to an activating group) is 1. The van der Waals surface area contributed by atoms with Crippen molar-refractivity contribution >= 4 is 23.5 Å². The van der Waals surface area contributed by atoms with E-state index < -0.39 is 11.9 Å². The van der Waals surface area contributed by atoms with Crippen LogP contribution in [0.2, 0.25) is 0 Å². The van der Waals surface area contributed by atoms with E-state index >= 15 is 0 Å². The van der Waals surface area contributed by atoms with Crippen molar-refractivity contribution < 1.29 is 19.1 Å². The van der Waals surface area contributed by atoms with Crippen LogP contribution in [0.3, 0.4) is 0 Å². The number of hydrogen-bond donors (Lipinski definition) is 1. The number of anilines is 1. The standard InChI is InChI=1S/C21H21N3O4/c1-15-3-5-16(6-4-15)13-24(2)20(26)14-28-21(27)17-7-9-18(10-8-17)23-19(25)11-12-22/h3-10H,11,13-14H2,1-2H3,(H,23,25). The first-order valence-corrected chi connectivity index (χ1v) is 8.62. The summed E-state index contributed by atoms with van der Waals surface area (Å²) >= 11 is 0. The first kappa shape index (κ1) is 20.6. The Morgan fingerprint density at radius 3 is 2.32 bits per heavy atom. The highest BCUT2D eigenvalue weighted by Crippen LogP contribution is 2.11. The van der Waals surface area contributed by atoms with Gasteiger partial charge in [-0.05, 0) is 36.8 Å². The van der Waals surface area contributed by atoms with Crippen molar-refractivity contribution in [1.82, 2.24) is 4.90 Å². The molecule has 0 heterocycles. The van der Waals surface area contributed by atoms with Gasteiger partial charge in [0.25, 0.3) is 5.91 Å². The van der Waals surface area contributed by atoms with Crippen LogP contribution in [0.4, 0.5) is 5.69 Å². The number of nitriles is 1. The number of carbonyl (C=O) groups is 3. The van der Waals surface area contributed by atoms with E-state index in [4.69, 9.17) is 10.00 Å². The van der Waals surface area contributed by atoms with Gasteiger partial charge in [0.1, 0.15) is 6.42 Å². The smallest absolute Gasteiger partial charge is 0.338 e. The van der Waals surface area contributed by atoms with Crippen molar-refractivity contribution in [2.75, 3.05) is 19.0 Å². The molecular formula is C21H21N3O4.